The third-order valence-corrected chi connectivity index (χ3v) is 5.06. The second-order valence-electron chi connectivity index (χ2n) is 7.15. The van der Waals surface area contributed by atoms with Crippen LogP contribution in [0.4, 0.5) is 20.4 Å². The zero-order chi connectivity index (χ0) is 18.9. The maximum atomic E-state index is 13.6. The average Bonchev–Trinajstić information content (AvgIpc) is 3.47. The van der Waals surface area contributed by atoms with E-state index in [4.69, 9.17) is 0 Å². The van der Waals surface area contributed by atoms with Gasteiger partial charge in [0.15, 0.2) is 5.82 Å². The summed E-state index contributed by atoms with van der Waals surface area (Å²) in [5.74, 6) is -0.455. The van der Waals surface area contributed by atoms with Gasteiger partial charge in [-0.1, -0.05) is 6.07 Å². The molecule has 0 bridgehead atoms. The highest BCUT2D eigenvalue weighted by atomic mass is 19.1. The molecule has 0 spiro atoms. The first kappa shape index (κ1) is 17.6. The summed E-state index contributed by atoms with van der Waals surface area (Å²) >= 11 is 0. The summed E-state index contributed by atoms with van der Waals surface area (Å²) in [5, 5.41) is 6.34. The number of carbonyl (C=O) groups excluding carboxylic acids is 1. The highest BCUT2D eigenvalue weighted by Crippen LogP contribution is 2.31. The molecule has 0 radical (unpaired) electrons. The lowest BCUT2D eigenvalue weighted by atomic mass is 9.86. The Morgan fingerprint density at radius 3 is 2.44 bits per heavy atom. The molecule has 0 unspecified atom stereocenters. The molecular formula is C19H21F2N5O. The zero-order valence-corrected chi connectivity index (χ0v) is 14.8. The van der Waals surface area contributed by atoms with Crippen LogP contribution in [0.25, 0.3) is 0 Å². The summed E-state index contributed by atoms with van der Waals surface area (Å²) in [6.45, 7) is 1.07. The first-order valence-electron chi connectivity index (χ1n) is 9.11. The Labute approximate surface area is 156 Å². The van der Waals surface area contributed by atoms with Crippen LogP contribution in [0.5, 0.6) is 0 Å². The van der Waals surface area contributed by atoms with Crippen molar-refractivity contribution in [1.29, 1.82) is 0 Å². The molecule has 2 heterocycles. The summed E-state index contributed by atoms with van der Waals surface area (Å²) < 4.78 is 26.6. The predicted octanol–water partition coefficient (Wildman–Crippen LogP) is 2.48. The van der Waals surface area contributed by atoms with Crippen molar-refractivity contribution >= 4 is 17.5 Å². The van der Waals surface area contributed by atoms with E-state index >= 15 is 0 Å². The van der Waals surface area contributed by atoms with Crippen LogP contribution in [0, 0.1) is 11.6 Å². The monoisotopic (exact) mass is 373 g/mol. The van der Waals surface area contributed by atoms with Crippen LogP contribution in [0.1, 0.15) is 25.7 Å². The Kier molecular flexibility index (Phi) is 4.63. The van der Waals surface area contributed by atoms with Crippen LogP contribution >= 0.6 is 0 Å². The molecule has 2 fully saturated rings. The lowest BCUT2D eigenvalue weighted by Crippen LogP contribution is -2.59. The Bertz CT molecular complexity index is 817. The third-order valence-electron chi connectivity index (χ3n) is 5.06. The molecule has 1 amide bonds. The number of piperidine rings is 1. The molecule has 2 aromatic rings. The highest BCUT2D eigenvalue weighted by Gasteiger charge is 2.43. The number of hydrogen-bond acceptors (Lipinski definition) is 5. The number of rotatable bonds is 5. The van der Waals surface area contributed by atoms with E-state index in [1.807, 2.05) is 4.90 Å². The first-order chi connectivity index (χ1) is 13.0. The zero-order valence-electron chi connectivity index (χ0n) is 14.8. The molecule has 1 aliphatic heterocycles. The van der Waals surface area contributed by atoms with Crippen molar-refractivity contribution in [3.8, 4) is 0 Å². The fourth-order valence-corrected chi connectivity index (χ4v) is 3.36. The molecule has 1 aromatic heterocycles. The largest absolute Gasteiger partial charge is 0.371 e. The number of benzene rings is 1. The molecule has 1 saturated heterocycles. The number of halogens is 2. The van der Waals surface area contributed by atoms with E-state index in [0.29, 0.717) is 37.6 Å². The van der Waals surface area contributed by atoms with Crippen LogP contribution in [-0.4, -0.2) is 40.5 Å². The Hall–Kier alpha value is -2.77. The van der Waals surface area contributed by atoms with Gasteiger partial charge in [-0.25, -0.2) is 18.7 Å². The third kappa shape index (κ3) is 3.99. The van der Waals surface area contributed by atoms with E-state index in [1.54, 1.807) is 12.1 Å². The number of nitrogens with zero attached hydrogens (tertiary/aromatic N) is 3. The maximum absolute atomic E-state index is 13.6. The quantitative estimate of drug-likeness (QED) is 0.843. The molecule has 4 rings (SSSR count). The van der Waals surface area contributed by atoms with Crippen LogP contribution in [0.15, 0.2) is 36.7 Å². The molecule has 1 saturated carbocycles. The topological polar surface area (TPSA) is 70.2 Å². The Balaban J connectivity index is 1.52. The van der Waals surface area contributed by atoms with Gasteiger partial charge in [0, 0.05) is 24.8 Å². The maximum Gasteiger partial charge on any atom is 0.246 e. The number of aromatic nitrogens is 2. The fraction of sp³-hybridized carbons (Fsp3) is 0.421. The van der Waals surface area contributed by atoms with Gasteiger partial charge in [0.05, 0.1) is 12.4 Å². The SMILES string of the molecule is O=C(NC1CC1)C1(Nc2cccc(F)c2)CCN(c2ncc(F)cn2)CC1. The average molecular weight is 373 g/mol. The van der Waals surface area contributed by atoms with Gasteiger partial charge in [-0.2, -0.15) is 0 Å². The van der Waals surface area contributed by atoms with Crippen LogP contribution in [-0.2, 0) is 4.79 Å². The molecule has 0 atom stereocenters. The van der Waals surface area contributed by atoms with Crippen molar-refractivity contribution in [2.24, 2.45) is 0 Å². The molecule has 6 nitrogen and oxygen atoms in total. The Morgan fingerprint density at radius 2 is 1.81 bits per heavy atom. The van der Waals surface area contributed by atoms with Gasteiger partial charge in [0.1, 0.15) is 11.4 Å². The van der Waals surface area contributed by atoms with Gasteiger partial charge in [-0.15, -0.1) is 0 Å². The number of amides is 1. The van der Waals surface area contributed by atoms with E-state index in [9.17, 15) is 13.6 Å². The van der Waals surface area contributed by atoms with Crippen molar-refractivity contribution in [2.75, 3.05) is 23.3 Å². The van der Waals surface area contributed by atoms with E-state index < -0.39 is 11.4 Å². The van der Waals surface area contributed by atoms with Crippen molar-refractivity contribution in [1.82, 2.24) is 15.3 Å². The van der Waals surface area contributed by atoms with Crippen LogP contribution in [0.2, 0.25) is 0 Å². The van der Waals surface area contributed by atoms with E-state index in [0.717, 1.165) is 25.2 Å². The molecule has 142 valence electrons. The summed E-state index contributed by atoms with van der Waals surface area (Å²) in [6.07, 6.45) is 5.27. The lowest BCUT2D eigenvalue weighted by molar-refractivity contribution is -0.126. The van der Waals surface area contributed by atoms with E-state index in [2.05, 4.69) is 20.6 Å². The van der Waals surface area contributed by atoms with Crippen molar-refractivity contribution in [2.45, 2.75) is 37.3 Å². The predicted molar refractivity (Wildman–Crippen MR) is 97.4 cm³/mol. The Morgan fingerprint density at radius 1 is 1.11 bits per heavy atom. The van der Waals surface area contributed by atoms with Crippen molar-refractivity contribution < 1.29 is 13.6 Å². The minimum Gasteiger partial charge on any atom is -0.371 e. The van der Waals surface area contributed by atoms with Crippen LogP contribution < -0.4 is 15.5 Å². The van der Waals surface area contributed by atoms with Crippen LogP contribution in [0.3, 0.4) is 0 Å². The number of anilines is 2. The van der Waals surface area contributed by atoms with E-state index in [1.165, 1.54) is 12.1 Å². The normalized spacial score (nSPS) is 18.8. The van der Waals surface area contributed by atoms with Gasteiger partial charge in [-0.3, -0.25) is 4.79 Å². The molecule has 1 aromatic carbocycles. The fourth-order valence-electron chi connectivity index (χ4n) is 3.36. The standard InChI is InChI=1S/C19H21F2N5O/c20-13-2-1-3-16(10-13)25-19(17(27)24-15-4-5-15)6-8-26(9-7-19)18-22-11-14(21)12-23-18/h1-3,10-12,15,25H,4-9H2,(H,24,27). The minimum absolute atomic E-state index is 0.0612. The molecule has 2 N–H and O–H groups in total. The number of nitrogens with one attached hydrogen (secondary N) is 2. The smallest absolute Gasteiger partial charge is 0.246 e. The van der Waals surface area contributed by atoms with Gasteiger partial charge < -0.3 is 15.5 Å². The molecule has 27 heavy (non-hydrogen) atoms. The van der Waals surface area contributed by atoms with Crippen molar-refractivity contribution in [3.63, 3.8) is 0 Å². The van der Waals surface area contributed by atoms with Gasteiger partial charge in [0.2, 0.25) is 11.9 Å². The molecule has 8 heteroatoms. The van der Waals surface area contributed by atoms with Gasteiger partial charge >= 0.3 is 0 Å². The van der Waals surface area contributed by atoms with Crippen molar-refractivity contribution in [3.05, 3.63) is 48.3 Å². The summed E-state index contributed by atoms with van der Waals surface area (Å²) in [6, 6.07) is 6.37. The van der Waals surface area contributed by atoms with E-state index in [-0.39, 0.29) is 17.8 Å². The second kappa shape index (κ2) is 7.09. The molecule has 2 aliphatic rings. The summed E-state index contributed by atoms with van der Waals surface area (Å²) in [4.78, 5) is 22.9. The first-order valence-corrected chi connectivity index (χ1v) is 9.11. The lowest BCUT2D eigenvalue weighted by Gasteiger charge is -2.41. The number of carbonyl (C=O) groups is 1. The summed E-state index contributed by atoms with van der Waals surface area (Å²) in [5.41, 5.74) is -0.250. The highest BCUT2D eigenvalue weighted by molar-refractivity contribution is 5.90. The molecule has 1 aliphatic carbocycles. The number of hydrogen-bond donors (Lipinski definition) is 2. The van der Waals surface area contributed by atoms with Gasteiger partial charge in [-0.05, 0) is 43.9 Å². The second-order valence-corrected chi connectivity index (χ2v) is 7.15. The summed E-state index contributed by atoms with van der Waals surface area (Å²) in [7, 11) is 0. The molecular weight excluding hydrogens is 352 g/mol. The minimum atomic E-state index is -0.826. The van der Waals surface area contributed by atoms with Gasteiger partial charge in [0.25, 0.3) is 0 Å².